The van der Waals surface area contributed by atoms with E-state index in [2.05, 4.69) is 24.3 Å². The first kappa shape index (κ1) is 8.03. The minimum atomic E-state index is 0.289. The maximum atomic E-state index is 11.5. The molecule has 0 aromatic carbocycles. The number of hydrogen-bond acceptors (Lipinski definition) is 2. The normalized spacial score (nSPS) is 49.5. The number of aliphatic imine (C=N–C) groups is 1. The highest BCUT2D eigenvalue weighted by atomic mass is 16.1. The van der Waals surface area contributed by atoms with E-state index in [1.165, 1.54) is 12.1 Å². The average Bonchev–Trinajstić information content (AvgIpc) is 2.78. The molecule has 2 nitrogen and oxygen atoms in total. The van der Waals surface area contributed by atoms with Gasteiger partial charge >= 0.3 is 0 Å². The number of nitrogens with zero attached hydrogens (tertiary/aromatic N) is 1. The number of rotatable bonds is 0. The van der Waals surface area contributed by atoms with E-state index in [4.69, 9.17) is 4.99 Å². The Bertz CT molecular complexity index is 455. The van der Waals surface area contributed by atoms with Gasteiger partial charge in [-0.15, -0.1) is 0 Å². The Hall–Kier alpha value is -1.18. The largest absolute Gasteiger partial charge is 0.299 e. The van der Waals surface area contributed by atoms with Crippen LogP contribution in [0.25, 0.3) is 0 Å². The highest BCUT2D eigenvalue weighted by molar-refractivity contribution is 6.11. The van der Waals surface area contributed by atoms with E-state index in [0.717, 1.165) is 12.8 Å². The zero-order chi connectivity index (χ0) is 10.1. The van der Waals surface area contributed by atoms with Crippen molar-refractivity contribution in [3.05, 3.63) is 24.3 Å². The molecule has 2 saturated carbocycles. The van der Waals surface area contributed by atoms with Gasteiger partial charge in [0.15, 0.2) is 0 Å². The van der Waals surface area contributed by atoms with Crippen molar-refractivity contribution in [3.8, 4) is 0 Å². The van der Waals surface area contributed by atoms with Gasteiger partial charge in [0.2, 0.25) is 0 Å². The Balaban J connectivity index is 1.84. The molecule has 0 aromatic heterocycles. The summed E-state index contributed by atoms with van der Waals surface area (Å²) in [5.74, 6) is 0.382. The molecule has 3 atom stereocenters. The van der Waals surface area contributed by atoms with Crippen LogP contribution in [0, 0.1) is 10.8 Å². The molecule has 15 heavy (non-hydrogen) atoms. The second-order valence-corrected chi connectivity index (χ2v) is 5.28. The Kier molecular flexibility index (Phi) is 1.15. The number of carbonyl (C=O) groups excluding carboxylic acids is 1. The Morgan fingerprint density at radius 3 is 3.27 bits per heavy atom. The highest BCUT2D eigenvalue weighted by Crippen LogP contribution is 2.75. The van der Waals surface area contributed by atoms with Crippen LogP contribution in [-0.2, 0) is 4.79 Å². The van der Waals surface area contributed by atoms with Crippen molar-refractivity contribution in [3.63, 3.8) is 0 Å². The molecule has 3 unspecified atom stereocenters. The van der Waals surface area contributed by atoms with Crippen LogP contribution in [0.1, 0.15) is 25.7 Å². The predicted molar refractivity (Wildman–Crippen MR) is 57.8 cm³/mol. The summed E-state index contributed by atoms with van der Waals surface area (Å²) >= 11 is 0. The fraction of sp³-hybridized carbons (Fsp3) is 0.538. The molecular formula is C13H13NO. The molecule has 4 aliphatic rings. The molecule has 1 heterocycles. The van der Waals surface area contributed by atoms with Crippen molar-refractivity contribution in [1.82, 2.24) is 0 Å². The molecule has 0 radical (unpaired) electrons. The summed E-state index contributed by atoms with van der Waals surface area (Å²) in [4.78, 5) is 16.2. The van der Waals surface area contributed by atoms with Gasteiger partial charge in [0.05, 0.1) is 6.04 Å². The predicted octanol–water partition coefficient (Wildman–Crippen LogP) is 2.07. The molecule has 0 amide bonds. The maximum absolute atomic E-state index is 11.5. The van der Waals surface area contributed by atoms with Gasteiger partial charge in [-0.1, -0.05) is 24.3 Å². The third-order valence-electron chi connectivity index (χ3n) is 4.73. The first-order valence-electron chi connectivity index (χ1n) is 5.72. The first-order valence-corrected chi connectivity index (χ1v) is 5.72. The van der Waals surface area contributed by atoms with Gasteiger partial charge in [-0.2, -0.15) is 0 Å². The quantitative estimate of drug-likeness (QED) is 0.587. The van der Waals surface area contributed by atoms with Crippen molar-refractivity contribution in [2.45, 2.75) is 31.7 Å². The fourth-order valence-electron chi connectivity index (χ4n) is 3.86. The molecule has 0 bridgehead atoms. The summed E-state index contributed by atoms with van der Waals surface area (Å²) in [6, 6.07) is 0.336. The summed E-state index contributed by atoms with van der Waals surface area (Å²) in [6.45, 7) is 0. The molecule has 4 rings (SSSR count). The van der Waals surface area contributed by atoms with Crippen LogP contribution in [0.3, 0.4) is 0 Å². The van der Waals surface area contributed by atoms with Gasteiger partial charge in [-0.25, -0.2) is 0 Å². The van der Waals surface area contributed by atoms with E-state index in [-0.39, 0.29) is 5.41 Å². The lowest BCUT2D eigenvalue weighted by atomic mass is 9.77. The van der Waals surface area contributed by atoms with Crippen LogP contribution in [0.5, 0.6) is 0 Å². The molecule has 2 fully saturated rings. The number of ketones is 1. The summed E-state index contributed by atoms with van der Waals surface area (Å²) in [5, 5.41) is 0. The van der Waals surface area contributed by atoms with Crippen molar-refractivity contribution in [2.75, 3.05) is 0 Å². The molecule has 0 N–H and O–H groups in total. The third-order valence-corrected chi connectivity index (χ3v) is 4.73. The number of carbonyl (C=O) groups is 1. The van der Waals surface area contributed by atoms with Gasteiger partial charge in [-0.05, 0) is 12.8 Å². The lowest BCUT2D eigenvalue weighted by Crippen LogP contribution is -2.28. The Morgan fingerprint density at radius 1 is 1.40 bits per heavy atom. The lowest BCUT2D eigenvalue weighted by molar-refractivity contribution is -0.118. The molecule has 2 heteroatoms. The van der Waals surface area contributed by atoms with E-state index in [9.17, 15) is 4.79 Å². The Morgan fingerprint density at radius 2 is 2.33 bits per heavy atom. The molecule has 3 aliphatic carbocycles. The molecule has 0 aromatic rings. The monoisotopic (exact) mass is 199 g/mol. The van der Waals surface area contributed by atoms with Crippen molar-refractivity contribution in [1.29, 1.82) is 0 Å². The summed E-state index contributed by atoms with van der Waals surface area (Å²) in [7, 11) is 0. The second-order valence-electron chi connectivity index (χ2n) is 5.28. The average molecular weight is 199 g/mol. The smallest absolute Gasteiger partial charge is 0.138 e. The second kappa shape index (κ2) is 2.16. The lowest BCUT2D eigenvalue weighted by Gasteiger charge is -2.24. The molecular weight excluding hydrogens is 186 g/mol. The van der Waals surface area contributed by atoms with Crippen LogP contribution in [0.2, 0.25) is 0 Å². The molecule has 76 valence electrons. The number of Topliss-reactive ketones (excluding diaryl/α,β-unsaturated/α-hetero) is 1. The minimum absolute atomic E-state index is 0.289. The number of hydrogen-bond donors (Lipinski definition) is 0. The molecule has 0 saturated heterocycles. The van der Waals surface area contributed by atoms with Crippen molar-refractivity contribution in [2.24, 2.45) is 15.8 Å². The summed E-state index contributed by atoms with van der Waals surface area (Å²) < 4.78 is 0. The van der Waals surface area contributed by atoms with E-state index < -0.39 is 0 Å². The van der Waals surface area contributed by atoms with Crippen LogP contribution in [-0.4, -0.2) is 17.5 Å². The molecule has 1 aliphatic heterocycles. The van der Waals surface area contributed by atoms with Gasteiger partial charge < -0.3 is 0 Å². The van der Waals surface area contributed by atoms with Gasteiger partial charge in [0.1, 0.15) is 5.78 Å². The molecule has 2 spiro atoms. The maximum Gasteiger partial charge on any atom is 0.138 e. The summed E-state index contributed by atoms with van der Waals surface area (Å²) in [5.41, 5.74) is 1.80. The van der Waals surface area contributed by atoms with Crippen molar-refractivity contribution < 1.29 is 4.79 Å². The van der Waals surface area contributed by atoms with E-state index in [1.807, 2.05) is 0 Å². The van der Waals surface area contributed by atoms with Gasteiger partial charge in [0.25, 0.3) is 0 Å². The Labute approximate surface area is 88.8 Å². The van der Waals surface area contributed by atoms with E-state index in [1.54, 1.807) is 0 Å². The summed E-state index contributed by atoms with van der Waals surface area (Å²) in [6.07, 6.45) is 12.4. The van der Waals surface area contributed by atoms with Crippen LogP contribution in [0.4, 0.5) is 0 Å². The minimum Gasteiger partial charge on any atom is -0.299 e. The zero-order valence-electron chi connectivity index (χ0n) is 8.57. The van der Waals surface area contributed by atoms with E-state index >= 15 is 0 Å². The highest BCUT2D eigenvalue weighted by Gasteiger charge is 2.75. The topological polar surface area (TPSA) is 29.4 Å². The third kappa shape index (κ3) is 0.715. The van der Waals surface area contributed by atoms with Gasteiger partial charge in [0, 0.05) is 29.4 Å². The SMILES string of the molecule is O=C1CCC23CC24C=CC=CC4N=C3C1. The first-order chi connectivity index (χ1) is 7.27. The van der Waals surface area contributed by atoms with Crippen LogP contribution in [0.15, 0.2) is 29.3 Å². The fourth-order valence-corrected chi connectivity index (χ4v) is 3.86. The van der Waals surface area contributed by atoms with Crippen LogP contribution >= 0.6 is 0 Å². The van der Waals surface area contributed by atoms with Gasteiger partial charge in [-0.3, -0.25) is 9.79 Å². The number of allylic oxidation sites excluding steroid dienone is 2. The van der Waals surface area contributed by atoms with Crippen LogP contribution < -0.4 is 0 Å². The standard InChI is InChI=1S/C13H13NO/c15-9-4-6-13-8-12(13)5-2-1-3-10(12)14-11(13)7-9/h1-3,5,10H,4,6-8H2. The zero-order valence-corrected chi connectivity index (χ0v) is 8.57. The van der Waals surface area contributed by atoms with E-state index in [0.29, 0.717) is 23.7 Å². The van der Waals surface area contributed by atoms with Crippen molar-refractivity contribution >= 4 is 11.5 Å².